The van der Waals surface area contributed by atoms with Gasteiger partial charge in [-0.3, -0.25) is 0 Å². The SMILES string of the molecule is CC1=[O+]CCC(C)(C)O1.[Cl][Sb-]([Cl])([Cl])([Cl])([Cl])[Cl]. The quantitative estimate of drug-likeness (QED) is 0.281. The van der Waals surface area contributed by atoms with Crippen LogP contribution in [0.4, 0.5) is 0 Å². The van der Waals surface area contributed by atoms with Gasteiger partial charge in [-0.25, -0.2) is 0 Å². The van der Waals surface area contributed by atoms with Crippen molar-refractivity contribution in [2.45, 2.75) is 32.8 Å². The van der Waals surface area contributed by atoms with Gasteiger partial charge in [-0.1, -0.05) is 0 Å². The molecule has 0 aliphatic carbocycles. The number of ether oxygens (including phenoxy) is 1. The van der Waals surface area contributed by atoms with E-state index >= 15 is 0 Å². The zero-order chi connectivity index (χ0) is 13.3. The summed E-state index contributed by atoms with van der Waals surface area (Å²) in [6.07, 6.45) is 0.977. The molecule has 0 saturated carbocycles. The zero-order valence-corrected chi connectivity index (χ0v) is 16.0. The van der Waals surface area contributed by atoms with E-state index in [2.05, 4.69) is 13.8 Å². The van der Waals surface area contributed by atoms with Crippen LogP contribution < -0.4 is 0 Å². The van der Waals surface area contributed by atoms with Gasteiger partial charge in [-0.2, -0.15) is 0 Å². The van der Waals surface area contributed by atoms with Gasteiger partial charge in [0.1, 0.15) is 0 Å². The minimum atomic E-state index is -5.42. The predicted octanol–water partition coefficient (Wildman–Crippen LogP) is 5.02. The molecule has 2 nitrogen and oxygen atoms in total. The van der Waals surface area contributed by atoms with Crippen molar-refractivity contribution in [1.29, 1.82) is 0 Å². The van der Waals surface area contributed by atoms with Gasteiger partial charge in [0, 0.05) is 13.8 Å². The summed E-state index contributed by atoms with van der Waals surface area (Å²) in [6.45, 7) is 6.78. The van der Waals surface area contributed by atoms with E-state index in [9.17, 15) is 0 Å². The Hall–Kier alpha value is 2.03. The maximum atomic E-state index is 5.37. The fraction of sp³-hybridized carbons (Fsp3) is 0.857. The second-order valence-corrected chi connectivity index (χ2v) is 60.8. The molecule has 0 amide bonds. The fourth-order valence-electron chi connectivity index (χ4n) is 0.910. The maximum absolute atomic E-state index is 5.42. The third-order valence-electron chi connectivity index (χ3n) is 1.43. The molecular formula is C7H13Cl6O2Sb. The molecule has 1 heterocycles. The molecule has 0 fully saturated rings. The molecule has 0 unspecified atom stereocenters. The molecule has 1 aliphatic heterocycles. The Morgan fingerprint density at radius 3 is 1.69 bits per heavy atom. The topological polar surface area (TPSA) is 20.5 Å². The van der Waals surface area contributed by atoms with Crippen molar-refractivity contribution in [2.75, 3.05) is 6.61 Å². The number of esters is 1. The normalized spacial score (nSPS) is 23.9. The Labute approximate surface area is 115 Å². The van der Waals surface area contributed by atoms with E-state index in [-0.39, 0.29) is 5.60 Å². The number of hydrogen-bond acceptors (Lipinski definition) is 1. The average molecular weight is 464 g/mol. The molecule has 0 radical (unpaired) electrons. The van der Waals surface area contributed by atoms with Crippen molar-refractivity contribution in [3.05, 3.63) is 0 Å². The van der Waals surface area contributed by atoms with Gasteiger partial charge in [0.2, 0.25) is 5.60 Å². The summed E-state index contributed by atoms with van der Waals surface area (Å²) in [4.78, 5) is 0. The molecule has 9 heteroatoms. The first-order chi connectivity index (χ1) is 6.55. The Bertz CT molecular complexity index is 278. The van der Waals surface area contributed by atoms with E-state index in [0.717, 1.165) is 13.0 Å². The molecule has 0 aromatic rings. The van der Waals surface area contributed by atoms with Crippen LogP contribution in [0.15, 0.2) is 0 Å². The average Bonchev–Trinajstić information content (AvgIpc) is 1.74. The zero-order valence-electron chi connectivity index (χ0n) is 8.95. The third kappa shape index (κ3) is 18.4. The molecule has 0 N–H and O–H groups in total. The molecule has 0 atom stereocenters. The van der Waals surface area contributed by atoms with Gasteiger partial charge >= 0.3 is 68.1 Å². The van der Waals surface area contributed by atoms with E-state index in [1.807, 2.05) is 6.92 Å². The van der Waals surface area contributed by atoms with Crippen LogP contribution in [0.1, 0.15) is 27.2 Å². The van der Waals surface area contributed by atoms with Crippen LogP contribution in [0.5, 0.6) is 0 Å². The molecule has 0 bridgehead atoms. The minimum absolute atomic E-state index is 0.0116. The van der Waals surface area contributed by atoms with Crippen LogP contribution in [0.3, 0.4) is 0 Å². The van der Waals surface area contributed by atoms with E-state index in [1.165, 1.54) is 0 Å². The van der Waals surface area contributed by atoms with Crippen molar-refractivity contribution in [3.63, 3.8) is 0 Å². The Balaban J connectivity index is 0.000000293. The van der Waals surface area contributed by atoms with Crippen molar-refractivity contribution in [2.24, 2.45) is 0 Å². The first kappa shape index (κ1) is 18.0. The first-order valence-electron chi connectivity index (χ1n) is 4.27. The van der Waals surface area contributed by atoms with Crippen LogP contribution in [0.2, 0.25) is 0 Å². The third-order valence-corrected chi connectivity index (χ3v) is 1.43. The number of carbonyl (C=O) groups excluding carboxylic acids is 1. The van der Waals surface area contributed by atoms with Crippen LogP contribution in [-0.4, -0.2) is 27.3 Å². The summed E-state index contributed by atoms with van der Waals surface area (Å²) < 4.78 is 10.5. The van der Waals surface area contributed by atoms with Crippen LogP contribution in [-0.2, 0) is 9.16 Å². The van der Waals surface area contributed by atoms with Crippen LogP contribution in [0.25, 0.3) is 0 Å². The van der Waals surface area contributed by atoms with Crippen LogP contribution >= 0.6 is 53.0 Å². The Morgan fingerprint density at radius 2 is 1.50 bits per heavy atom. The van der Waals surface area contributed by atoms with Crippen molar-refractivity contribution in [3.8, 4) is 0 Å². The van der Waals surface area contributed by atoms with E-state index in [1.54, 1.807) is 0 Å². The van der Waals surface area contributed by atoms with Gasteiger partial charge in [0.25, 0.3) is 0 Å². The molecular weight excluding hydrogens is 451 g/mol. The number of halogens is 6. The van der Waals surface area contributed by atoms with E-state index in [0.29, 0.717) is 5.97 Å². The summed E-state index contributed by atoms with van der Waals surface area (Å²) in [6, 6.07) is 0. The molecule has 0 aromatic heterocycles. The number of hydrogen-bond donors (Lipinski definition) is 0. The Kier molecular flexibility index (Phi) is 5.47. The fourth-order valence-corrected chi connectivity index (χ4v) is 0.910. The molecule has 100 valence electrons. The number of rotatable bonds is 0. The molecule has 1 aliphatic rings. The van der Waals surface area contributed by atoms with Crippen molar-refractivity contribution < 1.29 is 9.16 Å². The van der Waals surface area contributed by atoms with Gasteiger partial charge in [0.15, 0.2) is 6.61 Å². The molecule has 0 aromatic carbocycles. The summed E-state index contributed by atoms with van der Waals surface area (Å²) in [5.41, 5.74) is -0.0116. The molecule has 16 heavy (non-hydrogen) atoms. The van der Waals surface area contributed by atoms with Crippen LogP contribution in [0, 0.1) is 0 Å². The van der Waals surface area contributed by atoms with Gasteiger partial charge < -0.3 is 9.16 Å². The summed E-state index contributed by atoms with van der Waals surface area (Å²) in [7, 11) is 25.0. The Morgan fingerprint density at radius 1 is 1.12 bits per heavy atom. The van der Waals surface area contributed by atoms with Crippen molar-refractivity contribution >= 4 is 68.1 Å². The van der Waals surface area contributed by atoms with Gasteiger partial charge in [-0.15, -0.1) is 0 Å². The van der Waals surface area contributed by atoms with Gasteiger partial charge in [0.05, 0.1) is 13.3 Å². The monoisotopic (exact) mass is 460 g/mol. The number of cyclic esters (lactones) is 1. The van der Waals surface area contributed by atoms with E-state index in [4.69, 9.17) is 62.1 Å². The summed E-state index contributed by atoms with van der Waals surface area (Å²) in [5.74, 6) is 0.700. The molecule has 0 saturated heterocycles. The molecule has 0 spiro atoms. The summed E-state index contributed by atoms with van der Waals surface area (Å²) in [5, 5.41) is 0. The molecule has 1 rings (SSSR count). The second-order valence-electron chi connectivity index (χ2n) is 3.91. The van der Waals surface area contributed by atoms with Crippen molar-refractivity contribution in [1.82, 2.24) is 0 Å². The van der Waals surface area contributed by atoms with E-state index < -0.39 is 9.14 Å². The second kappa shape index (κ2) is 4.85. The first-order valence-corrected chi connectivity index (χ1v) is 23.7. The summed E-state index contributed by atoms with van der Waals surface area (Å²) >= 11 is 0. The standard InChI is InChI=1S/C7H13O2.6ClH.Sb/c1-6-8-5-4-7(2,3)9-6;;;;;;;/h4-5H2,1-3H3;6*1H;/q+1;;;;;;;+5/p-6. The van der Waals surface area contributed by atoms with Gasteiger partial charge in [-0.05, 0) is 0 Å². The predicted molar refractivity (Wildman–Crippen MR) is 76.2 cm³/mol.